The van der Waals surface area contributed by atoms with Crippen molar-refractivity contribution in [3.05, 3.63) is 24.3 Å². The molecule has 0 saturated carbocycles. The van der Waals surface area contributed by atoms with Crippen molar-refractivity contribution < 1.29 is 39.8 Å². The molecule has 0 spiro atoms. The summed E-state index contributed by atoms with van der Waals surface area (Å²) in [6.07, 6.45) is 52.4. The Bertz CT molecular complexity index is 1090. The van der Waals surface area contributed by atoms with E-state index in [-0.39, 0.29) is 12.5 Å². The molecule has 7 atom stereocenters. The predicted molar refractivity (Wildman–Crippen MR) is 277 cm³/mol. The lowest BCUT2D eigenvalue weighted by Gasteiger charge is -2.40. The van der Waals surface area contributed by atoms with Crippen LogP contribution in [-0.4, -0.2) is 87.5 Å². The number of carbonyl (C=O) groups is 1. The molecular weight excluding hydrogens is 827 g/mol. The van der Waals surface area contributed by atoms with Gasteiger partial charge in [-0.1, -0.05) is 263 Å². The van der Waals surface area contributed by atoms with Gasteiger partial charge < -0.3 is 40.3 Å². The van der Waals surface area contributed by atoms with Gasteiger partial charge in [0.05, 0.1) is 25.4 Å². The smallest absolute Gasteiger partial charge is 0.220 e. The van der Waals surface area contributed by atoms with Crippen LogP contribution in [-0.2, 0) is 14.3 Å². The summed E-state index contributed by atoms with van der Waals surface area (Å²) in [5.74, 6) is -0.181. The van der Waals surface area contributed by atoms with Gasteiger partial charge in [-0.25, -0.2) is 0 Å². The van der Waals surface area contributed by atoms with Crippen molar-refractivity contribution in [2.75, 3.05) is 13.2 Å². The minimum Gasteiger partial charge on any atom is -0.394 e. The van der Waals surface area contributed by atoms with E-state index in [9.17, 15) is 30.3 Å². The maximum Gasteiger partial charge on any atom is 0.220 e. The zero-order valence-electron chi connectivity index (χ0n) is 43.2. The highest BCUT2D eigenvalue weighted by molar-refractivity contribution is 5.76. The van der Waals surface area contributed by atoms with Gasteiger partial charge in [0, 0.05) is 6.42 Å². The fraction of sp³-hybridized carbons (Fsp3) is 0.912. The summed E-state index contributed by atoms with van der Waals surface area (Å²) in [7, 11) is 0. The molecule has 0 bridgehead atoms. The number of aliphatic hydroxyl groups excluding tert-OH is 5. The molecule has 1 fully saturated rings. The summed E-state index contributed by atoms with van der Waals surface area (Å²) in [6, 6.07) is -0.818. The third-order valence-corrected chi connectivity index (χ3v) is 13.8. The Morgan fingerprint density at radius 3 is 1.27 bits per heavy atom. The summed E-state index contributed by atoms with van der Waals surface area (Å²) in [6.45, 7) is 3.80. The lowest BCUT2D eigenvalue weighted by molar-refractivity contribution is -0.302. The van der Waals surface area contributed by atoms with E-state index in [2.05, 4.69) is 31.3 Å². The number of nitrogens with one attached hydrogen (secondary N) is 1. The van der Waals surface area contributed by atoms with Gasteiger partial charge in [-0.3, -0.25) is 4.79 Å². The maximum absolute atomic E-state index is 13.0. The van der Waals surface area contributed by atoms with Crippen molar-refractivity contribution in [1.29, 1.82) is 0 Å². The second kappa shape index (κ2) is 47.4. The number of hydrogen-bond donors (Lipinski definition) is 6. The quantitative estimate of drug-likeness (QED) is 0.0261. The van der Waals surface area contributed by atoms with Crippen molar-refractivity contribution in [1.82, 2.24) is 5.32 Å². The Balaban J connectivity index is 2.25. The van der Waals surface area contributed by atoms with Crippen LogP contribution in [0.2, 0.25) is 0 Å². The van der Waals surface area contributed by atoms with Crippen LogP contribution >= 0.6 is 0 Å². The Labute approximate surface area is 407 Å². The van der Waals surface area contributed by atoms with Gasteiger partial charge in [-0.05, 0) is 32.1 Å². The summed E-state index contributed by atoms with van der Waals surface area (Å²) in [5.41, 5.74) is 0. The standard InChI is InChI=1S/C57H109NO8/c1-3-5-7-9-11-13-15-17-19-21-23-25-26-27-28-30-32-34-36-38-40-42-44-46-51(60)50(49-65-57-56(64)55(63)54(62)52(48-59)66-57)58-53(61)47-45-43-41-39-37-35-33-31-29-24-22-20-18-16-14-12-10-8-6-4-2/h36,38,44,46,50-52,54-57,59-60,62-64H,3-35,37,39-43,45,47-49H2,1-2H3,(H,58,61)/b38-36+,46-44+. The number of allylic oxidation sites excluding steroid dienone is 3. The molecule has 0 aliphatic carbocycles. The van der Waals surface area contributed by atoms with Crippen LogP contribution in [0.3, 0.4) is 0 Å². The molecule has 9 nitrogen and oxygen atoms in total. The number of unbranched alkanes of at least 4 members (excludes halogenated alkanes) is 37. The number of aliphatic hydroxyl groups is 5. The van der Waals surface area contributed by atoms with Crippen molar-refractivity contribution in [2.24, 2.45) is 0 Å². The van der Waals surface area contributed by atoms with Crippen LogP contribution in [0.15, 0.2) is 24.3 Å². The summed E-state index contributed by atoms with van der Waals surface area (Å²) in [4.78, 5) is 13.0. The van der Waals surface area contributed by atoms with Crippen LogP contribution < -0.4 is 5.32 Å². The first-order valence-corrected chi connectivity index (χ1v) is 28.6. The van der Waals surface area contributed by atoms with Gasteiger partial charge in [0.2, 0.25) is 5.91 Å². The lowest BCUT2D eigenvalue weighted by atomic mass is 9.99. The predicted octanol–water partition coefficient (Wildman–Crippen LogP) is 13.8. The summed E-state index contributed by atoms with van der Waals surface area (Å²) >= 11 is 0. The summed E-state index contributed by atoms with van der Waals surface area (Å²) < 4.78 is 11.3. The highest BCUT2D eigenvalue weighted by Crippen LogP contribution is 2.23. The van der Waals surface area contributed by atoms with E-state index in [0.717, 1.165) is 38.5 Å². The lowest BCUT2D eigenvalue weighted by Crippen LogP contribution is -2.60. The molecule has 1 aliphatic rings. The van der Waals surface area contributed by atoms with Gasteiger partial charge in [-0.2, -0.15) is 0 Å². The Hall–Kier alpha value is -1.33. The highest BCUT2D eigenvalue weighted by atomic mass is 16.7. The largest absolute Gasteiger partial charge is 0.394 e. The van der Waals surface area contributed by atoms with Crippen molar-refractivity contribution in [3.8, 4) is 0 Å². The van der Waals surface area contributed by atoms with Gasteiger partial charge in [0.25, 0.3) is 0 Å². The molecule has 0 aromatic heterocycles. The minimum atomic E-state index is -1.57. The molecule has 1 saturated heterocycles. The van der Waals surface area contributed by atoms with Gasteiger partial charge in [0.15, 0.2) is 6.29 Å². The Kier molecular flexibility index (Phi) is 45.0. The highest BCUT2D eigenvalue weighted by Gasteiger charge is 2.44. The number of hydrogen-bond acceptors (Lipinski definition) is 8. The zero-order chi connectivity index (χ0) is 48.0. The van der Waals surface area contributed by atoms with Gasteiger partial charge in [0.1, 0.15) is 24.4 Å². The topological polar surface area (TPSA) is 149 Å². The van der Waals surface area contributed by atoms with Crippen LogP contribution in [0.25, 0.3) is 0 Å². The molecule has 1 amide bonds. The van der Waals surface area contributed by atoms with E-state index in [1.165, 1.54) is 218 Å². The van der Waals surface area contributed by atoms with E-state index >= 15 is 0 Å². The third-order valence-electron chi connectivity index (χ3n) is 13.8. The fourth-order valence-electron chi connectivity index (χ4n) is 9.23. The second-order valence-electron chi connectivity index (χ2n) is 20.1. The third kappa shape index (κ3) is 36.6. The van der Waals surface area contributed by atoms with E-state index in [0.29, 0.717) is 6.42 Å². The number of rotatable bonds is 49. The van der Waals surface area contributed by atoms with E-state index in [1.54, 1.807) is 6.08 Å². The molecule has 390 valence electrons. The van der Waals surface area contributed by atoms with E-state index < -0.39 is 49.5 Å². The molecule has 0 aromatic rings. The molecule has 66 heavy (non-hydrogen) atoms. The molecule has 1 rings (SSSR count). The SMILES string of the molecule is CCCCCCCCCCCCCCCCCCC/C=C/CC/C=C/C(O)C(COC1OC(CO)C(O)C(O)C1O)NC(=O)CCCCCCCCCCCCCCCCCCCCCC. The first kappa shape index (κ1) is 62.7. The average molecular weight is 936 g/mol. The molecule has 9 heteroatoms. The van der Waals surface area contributed by atoms with Gasteiger partial charge in [-0.15, -0.1) is 0 Å². The molecule has 7 unspecified atom stereocenters. The summed E-state index contributed by atoms with van der Waals surface area (Å²) in [5, 5.41) is 54.5. The molecular formula is C57H109NO8. The van der Waals surface area contributed by atoms with Crippen molar-refractivity contribution >= 4 is 5.91 Å². The van der Waals surface area contributed by atoms with Crippen LogP contribution in [0, 0.1) is 0 Å². The van der Waals surface area contributed by atoms with Crippen LogP contribution in [0.1, 0.15) is 277 Å². The van der Waals surface area contributed by atoms with Crippen molar-refractivity contribution in [2.45, 2.75) is 320 Å². The number of ether oxygens (including phenoxy) is 2. The van der Waals surface area contributed by atoms with Crippen LogP contribution in [0.4, 0.5) is 0 Å². The first-order valence-electron chi connectivity index (χ1n) is 28.6. The average Bonchev–Trinajstić information content (AvgIpc) is 3.32. The molecule has 1 heterocycles. The Morgan fingerprint density at radius 1 is 0.500 bits per heavy atom. The molecule has 0 aromatic carbocycles. The second-order valence-corrected chi connectivity index (χ2v) is 20.1. The van der Waals surface area contributed by atoms with Crippen molar-refractivity contribution in [3.63, 3.8) is 0 Å². The monoisotopic (exact) mass is 936 g/mol. The normalized spacial score (nSPS) is 19.9. The molecule has 0 radical (unpaired) electrons. The van der Waals surface area contributed by atoms with Crippen LogP contribution in [0.5, 0.6) is 0 Å². The Morgan fingerprint density at radius 2 is 0.864 bits per heavy atom. The van der Waals surface area contributed by atoms with E-state index in [4.69, 9.17) is 9.47 Å². The first-order chi connectivity index (χ1) is 32.3. The molecule has 6 N–H and O–H groups in total. The van der Waals surface area contributed by atoms with E-state index in [1.807, 2.05) is 6.08 Å². The number of amides is 1. The maximum atomic E-state index is 13.0. The fourth-order valence-corrected chi connectivity index (χ4v) is 9.23. The number of carbonyl (C=O) groups excluding carboxylic acids is 1. The van der Waals surface area contributed by atoms with Gasteiger partial charge >= 0.3 is 0 Å². The molecule has 1 aliphatic heterocycles. The zero-order valence-corrected chi connectivity index (χ0v) is 43.2. The minimum absolute atomic E-state index is 0.181.